The number of nitrogens with one attached hydrogen (secondary N) is 4. The van der Waals surface area contributed by atoms with Crippen LogP contribution in [-0.2, 0) is 5.41 Å². The van der Waals surface area contributed by atoms with Crippen LogP contribution in [0, 0.1) is 0 Å². The summed E-state index contributed by atoms with van der Waals surface area (Å²) in [6.45, 7) is 14.2. The first kappa shape index (κ1) is 36.5. The highest BCUT2D eigenvalue weighted by Crippen LogP contribution is 2.40. The van der Waals surface area contributed by atoms with Crippen molar-refractivity contribution >= 4 is 17.6 Å². The minimum atomic E-state index is -0.816. The van der Waals surface area contributed by atoms with Crippen LogP contribution in [0.2, 0.25) is 0 Å². The van der Waals surface area contributed by atoms with E-state index < -0.39 is 17.7 Å². The van der Waals surface area contributed by atoms with E-state index in [2.05, 4.69) is 51.6 Å². The number of para-hydroxylation sites is 1. The van der Waals surface area contributed by atoms with Crippen LogP contribution in [0.4, 0.5) is 0 Å². The molecule has 3 heterocycles. The first-order chi connectivity index (χ1) is 21.8. The number of fused-ring (bicyclic) bond motifs is 1. The third kappa shape index (κ3) is 8.64. The minimum absolute atomic E-state index is 0.0539. The number of carbonyl (C=O) groups excluding carboxylic acids is 2. The van der Waals surface area contributed by atoms with E-state index in [1.54, 1.807) is 37.6 Å². The normalized spacial score (nSPS) is 22.7. The molecule has 0 spiro atoms. The van der Waals surface area contributed by atoms with Crippen molar-refractivity contribution < 1.29 is 24.4 Å². The zero-order valence-corrected chi connectivity index (χ0v) is 28.7. The average Bonchev–Trinajstić information content (AvgIpc) is 3.24. The molecule has 2 aliphatic rings. The highest BCUT2D eigenvalue weighted by Gasteiger charge is 2.54. The number of amidine groups is 1. The second-order valence-electron chi connectivity index (χ2n) is 13.2. The number of hydrogen-bond acceptors (Lipinski definition) is 7. The molecule has 2 aromatic rings. The summed E-state index contributed by atoms with van der Waals surface area (Å²) in [5.74, 6) is 1.05. The Labute approximate surface area is 274 Å². The van der Waals surface area contributed by atoms with Gasteiger partial charge in [-0.1, -0.05) is 38.5 Å². The number of allylic oxidation sites excluding steroid dienone is 1. The van der Waals surface area contributed by atoms with Crippen molar-refractivity contribution in [2.45, 2.75) is 89.9 Å². The highest BCUT2D eigenvalue weighted by atomic mass is 16.5. The van der Waals surface area contributed by atoms with Gasteiger partial charge in [-0.2, -0.15) is 0 Å². The Morgan fingerprint density at radius 3 is 2.52 bits per heavy atom. The number of ether oxygens (including phenoxy) is 1. The Kier molecular flexibility index (Phi) is 12.7. The van der Waals surface area contributed by atoms with Crippen LogP contribution in [0.15, 0.2) is 54.5 Å². The fourth-order valence-corrected chi connectivity index (χ4v) is 6.01. The van der Waals surface area contributed by atoms with E-state index in [0.717, 1.165) is 30.4 Å². The minimum Gasteiger partial charge on any atom is -0.492 e. The van der Waals surface area contributed by atoms with Crippen LogP contribution in [0.25, 0.3) is 0 Å². The first-order valence-electron chi connectivity index (χ1n) is 16.1. The molecule has 0 radical (unpaired) electrons. The smallest absolute Gasteiger partial charge is 0.255 e. The topological polar surface area (TPSA) is 156 Å². The number of pyridine rings is 1. The Morgan fingerprint density at radius 2 is 1.89 bits per heavy atom. The summed E-state index contributed by atoms with van der Waals surface area (Å²) in [4.78, 5) is 33.7. The second-order valence-corrected chi connectivity index (χ2v) is 13.2. The van der Waals surface area contributed by atoms with Gasteiger partial charge in [0.2, 0.25) is 5.84 Å². The van der Waals surface area contributed by atoms with Gasteiger partial charge in [0, 0.05) is 43.5 Å². The largest absolute Gasteiger partial charge is 0.492 e. The summed E-state index contributed by atoms with van der Waals surface area (Å²) in [5.41, 5.74) is 8.92. The number of rotatable bonds is 10. The molecule has 1 unspecified atom stereocenters. The lowest BCUT2D eigenvalue weighted by atomic mass is 9.79. The Hall–Kier alpha value is -3.96. The van der Waals surface area contributed by atoms with Crippen LogP contribution in [-0.4, -0.2) is 90.2 Å². The van der Waals surface area contributed by atoms with E-state index in [1.807, 2.05) is 46.2 Å². The van der Waals surface area contributed by atoms with Crippen molar-refractivity contribution in [1.29, 1.82) is 0 Å². The number of aliphatic hydroxyl groups is 1. The van der Waals surface area contributed by atoms with Gasteiger partial charge in [0.05, 0.1) is 36.4 Å². The summed E-state index contributed by atoms with van der Waals surface area (Å²) in [6, 6.07) is 8.45. The monoisotopic (exact) mass is 636 g/mol. The summed E-state index contributed by atoms with van der Waals surface area (Å²) >= 11 is 0. The van der Waals surface area contributed by atoms with Gasteiger partial charge in [-0.15, -0.1) is 0 Å². The number of nitrogens with two attached hydrogens (primary N) is 1. The molecule has 252 valence electrons. The van der Waals surface area contributed by atoms with Crippen molar-refractivity contribution in [3.63, 3.8) is 0 Å². The fourth-order valence-electron chi connectivity index (χ4n) is 6.01. The lowest BCUT2D eigenvalue weighted by Gasteiger charge is -2.39. The van der Waals surface area contributed by atoms with E-state index >= 15 is 0 Å². The number of hydrogen-bond donors (Lipinski definition) is 6. The Bertz CT molecular complexity index is 1390. The van der Waals surface area contributed by atoms with E-state index in [4.69, 9.17) is 10.5 Å². The van der Waals surface area contributed by atoms with Crippen molar-refractivity contribution in [3.05, 3.63) is 71.2 Å². The highest BCUT2D eigenvalue weighted by molar-refractivity contribution is 5.98. The molecule has 4 atom stereocenters. The van der Waals surface area contributed by atoms with Crippen molar-refractivity contribution in [1.82, 2.24) is 25.8 Å². The molecule has 1 saturated heterocycles. The zero-order valence-electron chi connectivity index (χ0n) is 28.7. The van der Waals surface area contributed by atoms with Crippen LogP contribution in [0.3, 0.4) is 0 Å². The Balaban J connectivity index is 0.000000489. The molecule has 1 fully saturated rings. The predicted octanol–water partition coefficient (Wildman–Crippen LogP) is 1.47. The first-order valence-corrected chi connectivity index (χ1v) is 16.1. The van der Waals surface area contributed by atoms with Crippen molar-refractivity contribution in [3.8, 4) is 5.75 Å². The third-order valence-electron chi connectivity index (χ3n) is 9.02. The number of aliphatic hydroxyl groups excluding tert-OH is 1. The van der Waals surface area contributed by atoms with Gasteiger partial charge in [0.1, 0.15) is 11.8 Å². The van der Waals surface area contributed by atoms with Gasteiger partial charge in [0.15, 0.2) is 0 Å². The van der Waals surface area contributed by atoms with Gasteiger partial charge in [-0.3, -0.25) is 30.2 Å². The molecule has 7 N–H and O–H groups in total. The van der Waals surface area contributed by atoms with Crippen LogP contribution >= 0.6 is 0 Å². The number of amides is 2. The number of likely N-dealkylation sites (N-methyl/N-ethyl adjacent to an activating group) is 1. The molecule has 11 nitrogen and oxygen atoms in total. The van der Waals surface area contributed by atoms with E-state index in [-0.39, 0.29) is 23.3 Å². The predicted molar refractivity (Wildman–Crippen MR) is 182 cm³/mol. The van der Waals surface area contributed by atoms with Gasteiger partial charge in [-0.25, -0.2) is 0 Å². The average molecular weight is 637 g/mol. The van der Waals surface area contributed by atoms with Gasteiger partial charge >= 0.3 is 0 Å². The van der Waals surface area contributed by atoms with Crippen LogP contribution in [0.5, 0.6) is 5.75 Å². The molecule has 4 rings (SSSR count). The van der Waals surface area contributed by atoms with Crippen LogP contribution < -0.4 is 31.4 Å². The van der Waals surface area contributed by atoms with Crippen LogP contribution in [0.1, 0.15) is 87.1 Å². The molecule has 0 saturated carbocycles. The molecule has 1 aromatic heterocycles. The summed E-state index contributed by atoms with van der Waals surface area (Å²) in [7, 11) is 3.58. The molecule has 11 heteroatoms. The SMILES string of the molecule is CCCC(N)=[NH+]C(CNC=C(C)C)[C@@]1(C)[C@H](O)[C@H](NC(=O)c2cccc3c2OCCC3(C)C)CN1C.CNC(=O)c1ccncc1. The summed E-state index contributed by atoms with van der Waals surface area (Å²) < 4.78 is 5.96. The van der Waals surface area contributed by atoms with E-state index in [9.17, 15) is 14.7 Å². The summed E-state index contributed by atoms with van der Waals surface area (Å²) in [5, 5.41) is 20.6. The molecular weight excluding hydrogens is 582 g/mol. The molecule has 2 amide bonds. The van der Waals surface area contributed by atoms with E-state index in [0.29, 0.717) is 42.4 Å². The number of carbonyl (C=O) groups is 2. The lowest BCUT2D eigenvalue weighted by Crippen LogP contribution is -2.90. The number of likely N-dealkylation sites (tertiary alicyclic amines) is 1. The standard InChI is InChI=1S/C28H45N5O3.C7H8N2O/c1-8-10-23(29)32-22(16-30-15-18(2)3)28(6)25(34)21(17-33(28)7)31-26(35)19-11-9-12-20-24(19)36-14-13-27(20,4)5;1-8-7(10)6-2-4-9-5-3-6/h9,11-12,15,21-22,25,30,34H,8,10,13-14,16-17H2,1-7H3,(H2,29,32)(H,31,35);2-5H,1H3,(H,8,10)/p+1/t21-,22?,25-,28+;/m1./s1. The van der Waals surface area contributed by atoms with Gasteiger partial charge < -0.3 is 25.8 Å². The molecule has 2 aliphatic heterocycles. The van der Waals surface area contributed by atoms with E-state index in [1.165, 1.54) is 0 Å². The maximum Gasteiger partial charge on any atom is 0.255 e. The number of benzene rings is 1. The summed E-state index contributed by atoms with van der Waals surface area (Å²) in [6.07, 6.45) is 6.92. The maximum absolute atomic E-state index is 13.4. The fraction of sp³-hybridized carbons (Fsp3) is 0.543. The Morgan fingerprint density at radius 1 is 1.20 bits per heavy atom. The second kappa shape index (κ2) is 16.0. The molecule has 46 heavy (non-hydrogen) atoms. The molecule has 0 bridgehead atoms. The molecular formula is C35H54N7O4+. The third-order valence-corrected chi connectivity index (χ3v) is 9.02. The van der Waals surface area contributed by atoms with Crippen molar-refractivity contribution in [2.75, 3.05) is 33.8 Å². The van der Waals surface area contributed by atoms with Crippen molar-refractivity contribution in [2.24, 2.45) is 5.73 Å². The van der Waals surface area contributed by atoms with Gasteiger partial charge in [-0.05, 0) is 70.5 Å². The quantitative estimate of drug-likeness (QED) is 0.169. The number of aromatic nitrogens is 1. The van der Waals surface area contributed by atoms with Gasteiger partial charge in [0.25, 0.3) is 11.8 Å². The zero-order chi connectivity index (χ0) is 34.1. The molecule has 0 aliphatic carbocycles. The lowest BCUT2D eigenvalue weighted by molar-refractivity contribution is -0.523. The molecule has 1 aromatic carbocycles. The number of nitrogens with zero attached hydrogens (tertiary/aromatic N) is 2. The maximum atomic E-state index is 13.4.